The molecular weight excluding hydrogens is 462 g/mol. The number of carbonyl (C=O) groups excluding carboxylic acids is 3. The Morgan fingerprint density at radius 2 is 1.64 bits per heavy atom. The van der Waals surface area contributed by atoms with Gasteiger partial charge in [0, 0.05) is 18.2 Å². The number of aliphatic hydroxyl groups excluding tert-OH is 1. The van der Waals surface area contributed by atoms with Gasteiger partial charge in [-0.1, -0.05) is 12.1 Å². The van der Waals surface area contributed by atoms with Crippen molar-refractivity contribution in [3.05, 3.63) is 89.0 Å². The van der Waals surface area contributed by atoms with E-state index in [0.29, 0.717) is 28.3 Å². The summed E-state index contributed by atoms with van der Waals surface area (Å²) in [6.45, 7) is 3.09. The molecule has 1 atom stereocenters. The maximum Gasteiger partial charge on any atom is 0.308 e. The molecule has 4 rings (SSSR count). The summed E-state index contributed by atoms with van der Waals surface area (Å²) < 4.78 is 15.7. The van der Waals surface area contributed by atoms with Crippen LogP contribution in [-0.2, 0) is 14.4 Å². The number of rotatable bonds is 6. The summed E-state index contributed by atoms with van der Waals surface area (Å²) in [4.78, 5) is 39.5. The van der Waals surface area contributed by atoms with E-state index in [4.69, 9.17) is 14.2 Å². The first-order valence-electron chi connectivity index (χ1n) is 11.1. The molecule has 1 unspecified atom stereocenters. The van der Waals surface area contributed by atoms with Crippen molar-refractivity contribution in [3.63, 3.8) is 0 Å². The summed E-state index contributed by atoms with van der Waals surface area (Å²) in [6, 6.07) is 17.2. The molecule has 36 heavy (non-hydrogen) atoms. The number of anilines is 1. The zero-order valence-corrected chi connectivity index (χ0v) is 20.3. The zero-order valence-electron chi connectivity index (χ0n) is 20.3. The van der Waals surface area contributed by atoms with Gasteiger partial charge in [0.15, 0.2) is 0 Å². The molecule has 1 N–H and O–H groups in total. The van der Waals surface area contributed by atoms with Gasteiger partial charge in [-0.3, -0.25) is 19.3 Å². The standard InChI is InChI=1S/C28H25NO7/c1-16-14-19(8-13-23(16)35-4)26(31)24-25(18-6-5-7-22(15-18)36-17(2)30)29(28(33)27(24)32)20-9-11-21(34-3)12-10-20/h5-15,25,31H,1-4H3/b26-24+. The molecule has 0 radical (unpaired) electrons. The molecule has 1 fully saturated rings. The third kappa shape index (κ3) is 4.53. The number of carbonyl (C=O) groups is 3. The van der Waals surface area contributed by atoms with Gasteiger partial charge in [0.2, 0.25) is 0 Å². The van der Waals surface area contributed by atoms with Crippen LogP contribution in [0.5, 0.6) is 17.2 Å². The fraction of sp³-hybridized carbons (Fsp3) is 0.179. The highest BCUT2D eigenvalue weighted by Gasteiger charge is 2.47. The number of ketones is 1. The molecule has 8 heteroatoms. The fourth-order valence-electron chi connectivity index (χ4n) is 4.25. The highest BCUT2D eigenvalue weighted by atomic mass is 16.5. The van der Waals surface area contributed by atoms with Gasteiger partial charge in [0.25, 0.3) is 11.7 Å². The molecule has 1 aliphatic rings. The normalized spacial score (nSPS) is 16.7. The number of Topliss-reactive ketones (excluding diaryl/α,β-unsaturated/α-hetero) is 1. The maximum absolute atomic E-state index is 13.3. The number of methoxy groups -OCH3 is 2. The SMILES string of the molecule is COc1ccc(N2C(=O)C(=O)/C(=C(/O)c3ccc(OC)c(C)c3)C2c2cccc(OC(C)=O)c2)cc1. The number of aryl methyl sites for hydroxylation is 1. The Morgan fingerprint density at radius 1 is 0.917 bits per heavy atom. The Hall–Kier alpha value is -4.59. The first-order valence-corrected chi connectivity index (χ1v) is 11.1. The lowest BCUT2D eigenvalue weighted by molar-refractivity contribution is -0.132. The molecule has 3 aromatic carbocycles. The van der Waals surface area contributed by atoms with Crippen molar-refractivity contribution in [1.29, 1.82) is 0 Å². The molecule has 0 bridgehead atoms. The van der Waals surface area contributed by atoms with Crippen molar-refractivity contribution in [2.75, 3.05) is 19.1 Å². The van der Waals surface area contributed by atoms with Gasteiger partial charge in [0.05, 0.1) is 25.8 Å². The van der Waals surface area contributed by atoms with Crippen LogP contribution < -0.4 is 19.1 Å². The number of hydrogen-bond acceptors (Lipinski definition) is 7. The van der Waals surface area contributed by atoms with Crippen molar-refractivity contribution >= 4 is 29.1 Å². The van der Waals surface area contributed by atoms with Gasteiger partial charge in [-0.2, -0.15) is 0 Å². The summed E-state index contributed by atoms with van der Waals surface area (Å²) in [5.41, 5.74) is 1.95. The molecule has 1 saturated heterocycles. The van der Waals surface area contributed by atoms with Gasteiger partial charge >= 0.3 is 5.97 Å². The molecule has 0 aliphatic carbocycles. The van der Waals surface area contributed by atoms with Crippen LogP contribution in [0, 0.1) is 6.92 Å². The van der Waals surface area contributed by atoms with E-state index in [9.17, 15) is 19.5 Å². The lowest BCUT2D eigenvalue weighted by atomic mass is 9.94. The Balaban J connectivity index is 1.92. The van der Waals surface area contributed by atoms with E-state index in [1.807, 2.05) is 6.92 Å². The average molecular weight is 488 g/mol. The van der Waals surface area contributed by atoms with Gasteiger partial charge in [-0.15, -0.1) is 0 Å². The van der Waals surface area contributed by atoms with Crippen LogP contribution in [0.25, 0.3) is 5.76 Å². The second-order valence-electron chi connectivity index (χ2n) is 8.22. The molecule has 3 aromatic rings. The minimum Gasteiger partial charge on any atom is -0.507 e. The monoisotopic (exact) mass is 487 g/mol. The smallest absolute Gasteiger partial charge is 0.308 e. The topological polar surface area (TPSA) is 102 Å². The minimum atomic E-state index is -0.976. The number of benzene rings is 3. The predicted molar refractivity (Wildman–Crippen MR) is 133 cm³/mol. The third-order valence-corrected chi connectivity index (χ3v) is 5.90. The van der Waals surface area contributed by atoms with Crippen molar-refractivity contribution in [2.24, 2.45) is 0 Å². The fourth-order valence-corrected chi connectivity index (χ4v) is 4.25. The summed E-state index contributed by atoms with van der Waals surface area (Å²) in [7, 11) is 3.07. The largest absolute Gasteiger partial charge is 0.507 e. The first kappa shape index (κ1) is 24.5. The lowest BCUT2D eigenvalue weighted by Crippen LogP contribution is -2.29. The van der Waals surface area contributed by atoms with Gasteiger partial charge in [-0.05, 0) is 72.6 Å². The van der Waals surface area contributed by atoms with Crippen molar-refractivity contribution in [3.8, 4) is 17.2 Å². The Labute approximate surface area is 208 Å². The van der Waals surface area contributed by atoms with E-state index in [-0.39, 0.29) is 17.1 Å². The van der Waals surface area contributed by atoms with Crippen LogP contribution in [-0.4, -0.2) is 37.0 Å². The van der Waals surface area contributed by atoms with Crippen molar-refractivity contribution in [1.82, 2.24) is 0 Å². The molecule has 0 saturated carbocycles. The molecule has 1 heterocycles. The molecule has 8 nitrogen and oxygen atoms in total. The van der Waals surface area contributed by atoms with E-state index in [2.05, 4.69) is 0 Å². The second kappa shape index (κ2) is 9.95. The summed E-state index contributed by atoms with van der Waals surface area (Å²) in [5, 5.41) is 11.3. The molecule has 184 valence electrons. The molecule has 1 aliphatic heterocycles. The quantitative estimate of drug-likeness (QED) is 0.179. The van der Waals surface area contributed by atoms with E-state index in [1.54, 1.807) is 73.8 Å². The van der Waals surface area contributed by atoms with Crippen molar-refractivity contribution in [2.45, 2.75) is 19.9 Å². The van der Waals surface area contributed by atoms with Crippen LogP contribution in [0.3, 0.4) is 0 Å². The molecule has 0 spiro atoms. The highest BCUT2D eigenvalue weighted by molar-refractivity contribution is 6.51. The van der Waals surface area contributed by atoms with E-state index in [1.165, 1.54) is 18.9 Å². The van der Waals surface area contributed by atoms with Crippen LogP contribution in [0.15, 0.2) is 72.3 Å². The Kier molecular flexibility index (Phi) is 6.78. The van der Waals surface area contributed by atoms with Gasteiger partial charge in [-0.25, -0.2) is 0 Å². The lowest BCUT2D eigenvalue weighted by Gasteiger charge is -2.26. The first-order chi connectivity index (χ1) is 17.2. The van der Waals surface area contributed by atoms with Crippen LogP contribution in [0.2, 0.25) is 0 Å². The Morgan fingerprint density at radius 3 is 2.25 bits per heavy atom. The summed E-state index contributed by atoms with van der Waals surface area (Å²) in [5.74, 6) is -1.01. The Bertz CT molecular complexity index is 1370. The number of hydrogen-bond donors (Lipinski definition) is 1. The van der Waals surface area contributed by atoms with Crippen LogP contribution >= 0.6 is 0 Å². The summed E-state index contributed by atoms with van der Waals surface area (Å²) in [6.07, 6.45) is 0. The molecule has 1 amide bonds. The number of ether oxygens (including phenoxy) is 3. The number of aliphatic hydroxyl groups is 1. The number of amides is 1. The van der Waals surface area contributed by atoms with E-state index in [0.717, 1.165) is 5.56 Å². The van der Waals surface area contributed by atoms with Crippen LogP contribution in [0.4, 0.5) is 5.69 Å². The minimum absolute atomic E-state index is 0.0830. The van der Waals surface area contributed by atoms with Gasteiger partial charge in [0.1, 0.15) is 23.0 Å². The van der Waals surface area contributed by atoms with Gasteiger partial charge < -0.3 is 19.3 Å². The van der Waals surface area contributed by atoms with Crippen molar-refractivity contribution < 1.29 is 33.7 Å². The number of esters is 1. The second-order valence-corrected chi connectivity index (χ2v) is 8.22. The number of nitrogens with zero attached hydrogens (tertiary/aromatic N) is 1. The molecule has 0 aromatic heterocycles. The predicted octanol–water partition coefficient (Wildman–Crippen LogP) is 4.56. The zero-order chi connectivity index (χ0) is 26.0. The average Bonchev–Trinajstić information content (AvgIpc) is 3.13. The summed E-state index contributed by atoms with van der Waals surface area (Å²) >= 11 is 0. The molecular formula is C28H25NO7. The van der Waals surface area contributed by atoms with Crippen LogP contribution in [0.1, 0.15) is 29.7 Å². The highest BCUT2D eigenvalue weighted by Crippen LogP contribution is 2.43. The van der Waals surface area contributed by atoms with E-state index < -0.39 is 23.7 Å². The maximum atomic E-state index is 13.3. The third-order valence-electron chi connectivity index (χ3n) is 5.90. The van der Waals surface area contributed by atoms with E-state index >= 15 is 0 Å².